The SMILES string of the molecule is CNC(=N)NCCn1ccc2ncnc(Nc3ccc(Oc4cccc(C(F)(F)F)c4)c(Cl)c3)c21. The van der Waals surface area contributed by atoms with Crippen LogP contribution >= 0.6 is 11.6 Å². The zero-order chi connectivity index (χ0) is 25.0. The van der Waals surface area contributed by atoms with Crippen molar-refractivity contribution >= 4 is 40.1 Å². The lowest BCUT2D eigenvalue weighted by Crippen LogP contribution is -2.35. The molecule has 2 heterocycles. The van der Waals surface area contributed by atoms with Crippen molar-refractivity contribution in [3.63, 3.8) is 0 Å². The number of rotatable bonds is 7. The normalized spacial score (nSPS) is 11.3. The van der Waals surface area contributed by atoms with E-state index in [1.54, 1.807) is 25.2 Å². The fourth-order valence-electron chi connectivity index (χ4n) is 3.36. The van der Waals surface area contributed by atoms with Crippen molar-refractivity contribution < 1.29 is 17.9 Å². The van der Waals surface area contributed by atoms with Gasteiger partial charge >= 0.3 is 6.18 Å². The minimum absolute atomic E-state index is 0.0257. The number of benzene rings is 2. The minimum Gasteiger partial charge on any atom is -0.456 e. The average Bonchev–Trinajstić information content (AvgIpc) is 3.24. The van der Waals surface area contributed by atoms with Gasteiger partial charge in [0, 0.05) is 32.0 Å². The van der Waals surface area contributed by atoms with E-state index in [1.165, 1.54) is 18.5 Å². The molecule has 12 heteroatoms. The molecule has 0 unspecified atom stereocenters. The fraction of sp³-hybridized carbons (Fsp3) is 0.174. The van der Waals surface area contributed by atoms with Gasteiger partial charge in [-0.25, -0.2) is 9.97 Å². The predicted octanol–water partition coefficient (Wildman–Crippen LogP) is 5.38. The standard InChI is InChI=1S/C23H21ClF3N7O/c1-29-22(28)30-8-10-34-9-7-18-20(34)21(32-13-31-18)33-15-5-6-19(17(24)12-15)35-16-4-2-3-14(11-16)23(25,26)27/h2-7,9,11-13H,8,10H2,1H3,(H3,28,29,30)(H,31,32,33). The number of anilines is 2. The Morgan fingerprint density at radius 2 is 1.97 bits per heavy atom. The lowest BCUT2D eigenvalue weighted by molar-refractivity contribution is -0.137. The lowest BCUT2D eigenvalue weighted by Gasteiger charge is -2.14. The molecule has 0 fully saturated rings. The summed E-state index contributed by atoms with van der Waals surface area (Å²) in [4.78, 5) is 8.64. The first kappa shape index (κ1) is 24.1. The van der Waals surface area contributed by atoms with Crippen LogP contribution in [0.5, 0.6) is 11.5 Å². The Hall–Kier alpha value is -3.99. The zero-order valence-corrected chi connectivity index (χ0v) is 19.2. The molecular weight excluding hydrogens is 483 g/mol. The third-order valence-electron chi connectivity index (χ3n) is 5.04. The molecule has 2 aromatic heterocycles. The van der Waals surface area contributed by atoms with Crippen molar-refractivity contribution in [1.82, 2.24) is 25.2 Å². The molecule has 0 spiro atoms. The van der Waals surface area contributed by atoms with Gasteiger partial charge in [0.2, 0.25) is 0 Å². The third kappa shape index (κ3) is 5.75. The summed E-state index contributed by atoms with van der Waals surface area (Å²) in [5.74, 6) is 1.01. The molecule has 4 N–H and O–H groups in total. The van der Waals surface area contributed by atoms with Gasteiger partial charge in [-0.15, -0.1) is 0 Å². The van der Waals surface area contributed by atoms with Crippen LogP contribution in [0.2, 0.25) is 5.02 Å². The quantitative estimate of drug-likeness (QED) is 0.199. The van der Waals surface area contributed by atoms with E-state index in [-0.39, 0.29) is 22.5 Å². The highest BCUT2D eigenvalue weighted by molar-refractivity contribution is 6.32. The van der Waals surface area contributed by atoms with Gasteiger partial charge in [0.1, 0.15) is 23.3 Å². The number of hydrogen-bond acceptors (Lipinski definition) is 5. The molecule has 0 aliphatic carbocycles. The number of nitrogens with one attached hydrogen (secondary N) is 4. The molecule has 0 radical (unpaired) electrons. The monoisotopic (exact) mass is 503 g/mol. The summed E-state index contributed by atoms with van der Waals surface area (Å²) >= 11 is 6.36. The van der Waals surface area contributed by atoms with E-state index in [2.05, 4.69) is 25.9 Å². The van der Waals surface area contributed by atoms with E-state index >= 15 is 0 Å². The predicted molar refractivity (Wildman–Crippen MR) is 129 cm³/mol. The second kappa shape index (κ2) is 10.1. The van der Waals surface area contributed by atoms with Gasteiger partial charge in [-0.05, 0) is 42.5 Å². The smallest absolute Gasteiger partial charge is 0.416 e. The number of fused-ring (bicyclic) bond motifs is 1. The van der Waals surface area contributed by atoms with E-state index in [9.17, 15) is 13.2 Å². The first-order chi connectivity index (χ1) is 16.7. The van der Waals surface area contributed by atoms with Crippen LogP contribution in [0.25, 0.3) is 11.0 Å². The second-order valence-corrected chi connectivity index (χ2v) is 7.82. The molecule has 0 atom stereocenters. The summed E-state index contributed by atoms with van der Waals surface area (Å²) < 4.78 is 46.4. The topological polar surface area (TPSA) is 99.9 Å². The number of halogens is 4. The molecular formula is C23H21ClF3N7O. The molecule has 182 valence electrons. The summed E-state index contributed by atoms with van der Waals surface area (Å²) in [6, 6.07) is 11.3. The van der Waals surface area contributed by atoms with Crippen molar-refractivity contribution in [3.05, 3.63) is 71.6 Å². The molecule has 35 heavy (non-hydrogen) atoms. The van der Waals surface area contributed by atoms with Crippen LogP contribution in [-0.4, -0.2) is 34.1 Å². The van der Waals surface area contributed by atoms with Gasteiger partial charge in [-0.3, -0.25) is 5.41 Å². The molecule has 0 bridgehead atoms. The lowest BCUT2D eigenvalue weighted by atomic mass is 10.2. The van der Waals surface area contributed by atoms with Gasteiger partial charge in [0.05, 0.1) is 16.1 Å². The number of aromatic nitrogens is 3. The van der Waals surface area contributed by atoms with Gasteiger partial charge < -0.3 is 25.3 Å². The number of nitrogens with zero attached hydrogens (tertiary/aromatic N) is 3. The average molecular weight is 504 g/mol. The van der Waals surface area contributed by atoms with Crippen molar-refractivity contribution in [1.29, 1.82) is 5.41 Å². The Bertz CT molecular complexity index is 1360. The molecule has 4 aromatic rings. The highest BCUT2D eigenvalue weighted by atomic mass is 35.5. The maximum atomic E-state index is 13.0. The number of alkyl halides is 3. The highest BCUT2D eigenvalue weighted by Gasteiger charge is 2.30. The van der Waals surface area contributed by atoms with E-state index < -0.39 is 11.7 Å². The van der Waals surface area contributed by atoms with Gasteiger partial charge in [0.25, 0.3) is 0 Å². The Kier molecular flexibility index (Phi) is 6.97. The van der Waals surface area contributed by atoms with Crippen LogP contribution in [0.4, 0.5) is 24.7 Å². The molecule has 0 aliphatic rings. The Morgan fingerprint density at radius 3 is 2.71 bits per heavy atom. The van der Waals surface area contributed by atoms with Crippen LogP contribution in [0, 0.1) is 5.41 Å². The third-order valence-corrected chi connectivity index (χ3v) is 5.33. The van der Waals surface area contributed by atoms with E-state index in [1.807, 2.05) is 16.8 Å². The van der Waals surface area contributed by atoms with Crippen LogP contribution in [-0.2, 0) is 12.7 Å². The van der Waals surface area contributed by atoms with Crippen molar-refractivity contribution in [2.24, 2.45) is 0 Å². The second-order valence-electron chi connectivity index (χ2n) is 7.41. The summed E-state index contributed by atoms with van der Waals surface area (Å²) in [6.07, 6.45) is -1.15. The van der Waals surface area contributed by atoms with Crippen molar-refractivity contribution in [3.8, 4) is 11.5 Å². The molecule has 0 saturated carbocycles. The summed E-state index contributed by atoms with van der Waals surface area (Å²) in [6.45, 7) is 1.09. The van der Waals surface area contributed by atoms with Gasteiger partial charge in [-0.1, -0.05) is 17.7 Å². The van der Waals surface area contributed by atoms with Gasteiger partial charge in [-0.2, -0.15) is 13.2 Å². The van der Waals surface area contributed by atoms with Crippen LogP contribution in [0.15, 0.2) is 61.1 Å². The molecule has 0 aliphatic heterocycles. The van der Waals surface area contributed by atoms with Crippen LogP contribution in [0.3, 0.4) is 0 Å². The van der Waals surface area contributed by atoms with E-state index in [0.717, 1.165) is 23.2 Å². The summed E-state index contributed by atoms with van der Waals surface area (Å²) in [5.41, 5.74) is 1.31. The molecule has 2 aromatic carbocycles. The van der Waals surface area contributed by atoms with E-state index in [4.69, 9.17) is 21.7 Å². The minimum atomic E-state index is -4.47. The number of guanidine groups is 1. The van der Waals surface area contributed by atoms with E-state index in [0.29, 0.717) is 24.6 Å². The Morgan fingerprint density at radius 1 is 1.14 bits per heavy atom. The molecule has 8 nitrogen and oxygen atoms in total. The Labute approximate surface area is 203 Å². The largest absolute Gasteiger partial charge is 0.456 e. The molecule has 0 saturated heterocycles. The summed E-state index contributed by atoms with van der Waals surface area (Å²) in [5, 5.41) is 16.7. The molecule has 4 rings (SSSR count). The fourth-order valence-corrected chi connectivity index (χ4v) is 3.58. The number of ether oxygens (including phenoxy) is 1. The Balaban J connectivity index is 1.52. The van der Waals surface area contributed by atoms with Crippen molar-refractivity contribution in [2.75, 3.05) is 18.9 Å². The highest BCUT2D eigenvalue weighted by Crippen LogP contribution is 2.36. The maximum Gasteiger partial charge on any atom is 0.416 e. The molecule has 0 amide bonds. The number of hydrogen-bond donors (Lipinski definition) is 4. The first-order valence-corrected chi connectivity index (χ1v) is 10.8. The van der Waals surface area contributed by atoms with Crippen molar-refractivity contribution in [2.45, 2.75) is 12.7 Å². The maximum absolute atomic E-state index is 13.0. The zero-order valence-electron chi connectivity index (χ0n) is 18.4. The first-order valence-electron chi connectivity index (χ1n) is 10.5. The van der Waals surface area contributed by atoms with Crippen LogP contribution in [0.1, 0.15) is 5.56 Å². The van der Waals surface area contributed by atoms with Crippen LogP contribution < -0.4 is 20.7 Å². The summed E-state index contributed by atoms with van der Waals surface area (Å²) in [7, 11) is 1.66. The van der Waals surface area contributed by atoms with Gasteiger partial charge in [0.15, 0.2) is 11.8 Å².